The molecule has 0 aliphatic rings. The molecule has 0 saturated heterocycles. The second kappa shape index (κ2) is 6.48. The Morgan fingerprint density at radius 1 is 1.44 bits per heavy atom. The van der Waals surface area contributed by atoms with Crippen molar-refractivity contribution >= 4 is 9.84 Å². The van der Waals surface area contributed by atoms with Crippen molar-refractivity contribution in [1.82, 2.24) is 15.2 Å². The van der Waals surface area contributed by atoms with Crippen LogP contribution in [0.1, 0.15) is 25.5 Å². The Morgan fingerprint density at radius 2 is 2.17 bits per heavy atom. The Balaban J connectivity index is 2.84. The maximum atomic E-state index is 11.8. The van der Waals surface area contributed by atoms with Crippen LogP contribution in [0.15, 0.2) is 23.5 Å². The molecule has 0 radical (unpaired) electrons. The van der Waals surface area contributed by atoms with E-state index in [0.29, 0.717) is 18.2 Å². The van der Waals surface area contributed by atoms with Gasteiger partial charge in [-0.25, -0.2) is 13.4 Å². The largest absolute Gasteiger partial charge is 0.267 e. The number of aromatic nitrogens is 3. The maximum absolute atomic E-state index is 11.8. The van der Waals surface area contributed by atoms with Gasteiger partial charge in [-0.3, -0.25) is 0 Å². The van der Waals surface area contributed by atoms with Gasteiger partial charge in [0, 0.05) is 0 Å². The molecule has 0 N–H and O–H groups in total. The van der Waals surface area contributed by atoms with Gasteiger partial charge in [0.15, 0.2) is 0 Å². The summed E-state index contributed by atoms with van der Waals surface area (Å²) in [6.07, 6.45) is 1.17. The topological polar surface area (TPSA) is 72.8 Å². The number of halogens is 2. The van der Waals surface area contributed by atoms with E-state index in [-0.39, 0.29) is 6.42 Å². The van der Waals surface area contributed by atoms with Crippen LogP contribution in [-0.2, 0) is 16.3 Å². The number of aryl methyl sites for hydroxylation is 1. The molecule has 100 valence electrons. The zero-order valence-electron chi connectivity index (χ0n) is 9.81. The van der Waals surface area contributed by atoms with Gasteiger partial charge in [0.25, 0.3) is 11.2 Å². The van der Waals surface area contributed by atoms with Crippen LogP contribution in [0.25, 0.3) is 0 Å². The van der Waals surface area contributed by atoms with E-state index in [9.17, 15) is 17.2 Å². The summed E-state index contributed by atoms with van der Waals surface area (Å²) in [7, 11) is -3.76. The summed E-state index contributed by atoms with van der Waals surface area (Å²) in [5.74, 6) is -0.457. The zero-order chi connectivity index (χ0) is 13.6. The molecule has 0 bridgehead atoms. The molecule has 0 saturated carbocycles. The Morgan fingerprint density at radius 3 is 2.78 bits per heavy atom. The van der Waals surface area contributed by atoms with Crippen LogP contribution in [0.2, 0.25) is 0 Å². The average molecular weight is 277 g/mol. The molecule has 0 fully saturated rings. The van der Waals surface area contributed by atoms with Crippen LogP contribution in [-0.4, -0.2) is 29.4 Å². The second-order valence-electron chi connectivity index (χ2n) is 3.58. The summed E-state index contributed by atoms with van der Waals surface area (Å²) in [5, 5.41) is 6.59. The minimum absolute atomic E-state index is 0.272. The lowest BCUT2D eigenvalue weighted by Gasteiger charge is -2.02. The molecule has 0 amide bonds. The monoisotopic (exact) mass is 277 g/mol. The molecule has 1 aromatic heterocycles. The molecular formula is C10H13F2N3O2S. The van der Waals surface area contributed by atoms with Gasteiger partial charge in [0.1, 0.15) is 0 Å². The van der Waals surface area contributed by atoms with Crippen molar-refractivity contribution in [2.24, 2.45) is 0 Å². The molecule has 18 heavy (non-hydrogen) atoms. The molecule has 1 heterocycles. The summed E-state index contributed by atoms with van der Waals surface area (Å²) in [5.41, 5.74) is 0.526. The molecular weight excluding hydrogens is 264 g/mol. The summed E-state index contributed by atoms with van der Waals surface area (Å²) in [6.45, 7) is 1.92. The molecule has 1 aromatic rings. The highest BCUT2D eigenvalue weighted by molar-refractivity contribution is 7.91. The van der Waals surface area contributed by atoms with Gasteiger partial charge < -0.3 is 0 Å². The van der Waals surface area contributed by atoms with Crippen LogP contribution in [0, 0.1) is 0 Å². The SMILES string of the molecule is CCCc1cnnc(S(=O)(=O)CCC=C(F)F)n1. The standard InChI is InChI=1S/C10H13F2N3O2S/c1-2-4-8-7-13-15-10(14-8)18(16,17)6-3-5-9(11)12/h5,7H,2-4,6H2,1H3. The second-order valence-corrected chi connectivity index (χ2v) is 5.58. The van der Waals surface area contributed by atoms with Crippen LogP contribution in [0.3, 0.4) is 0 Å². The van der Waals surface area contributed by atoms with Crippen molar-refractivity contribution in [2.45, 2.75) is 31.3 Å². The third-order valence-corrected chi connectivity index (χ3v) is 3.56. The molecule has 8 heteroatoms. The highest BCUT2D eigenvalue weighted by atomic mass is 32.2. The minimum atomic E-state index is -3.76. The molecule has 1 rings (SSSR count). The van der Waals surface area contributed by atoms with Gasteiger partial charge in [0.2, 0.25) is 9.84 Å². The first-order valence-corrected chi connectivity index (χ1v) is 7.03. The molecule has 0 aliphatic carbocycles. The number of hydrogen-bond donors (Lipinski definition) is 0. The third-order valence-electron chi connectivity index (χ3n) is 2.06. The number of allylic oxidation sites excluding steroid dienone is 1. The quantitative estimate of drug-likeness (QED) is 0.792. The van der Waals surface area contributed by atoms with Crippen molar-refractivity contribution in [3.05, 3.63) is 24.0 Å². The summed E-state index contributed by atoms with van der Waals surface area (Å²) < 4.78 is 47.1. The number of sulfone groups is 1. The smallest absolute Gasteiger partial charge is 0.220 e. The zero-order valence-corrected chi connectivity index (χ0v) is 10.6. The van der Waals surface area contributed by atoms with Gasteiger partial charge in [0.05, 0.1) is 17.6 Å². The lowest BCUT2D eigenvalue weighted by molar-refractivity contribution is 0.418. The van der Waals surface area contributed by atoms with Gasteiger partial charge >= 0.3 is 0 Å². The highest BCUT2D eigenvalue weighted by Crippen LogP contribution is 2.08. The minimum Gasteiger partial charge on any atom is -0.220 e. The van der Waals surface area contributed by atoms with Gasteiger partial charge in [-0.15, -0.1) is 5.10 Å². The van der Waals surface area contributed by atoms with Crippen molar-refractivity contribution in [3.63, 3.8) is 0 Å². The third kappa shape index (κ3) is 4.44. The lowest BCUT2D eigenvalue weighted by atomic mass is 10.3. The molecule has 0 spiro atoms. The van der Waals surface area contributed by atoms with Crippen LogP contribution in [0.5, 0.6) is 0 Å². The fraction of sp³-hybridized carbons (Fsp3) is 0.500. The van der Waals surface area contributed by atoms with E-state index in [1.807, 2.05) is 6.92 Å². The molecule has 0 aromatic carbocycles. The van der Waals surface area contributed by atoms with E-state index >= 15 is 0 Å². The van der Waals surface area contributed by atoms with E-state index in [2.05, 4.69) is 15.2 Å². The van der Waals surface area contributed by atoms with E-state index in [0.717, 1.165) is 6.42 Å². The van der Waals surface area contributed by atoms with Crippen molar-refractivity contribution in [2.75, 3.05) is 5.75 Å². The van der Waals surface area contributed by atoms with E-state index < -0.39 is 26.8 Å². The van der Waals surface area contributed by atoms with Crippen LogP contribution in [0.4, 0.5) is 8.78 Å². The van der Waals surface area contributed by atoms with Crippen molar-refractivity contribution < 1.29 is 17.2 Å². The molecule has 0 aliphatic heterocycles. The van der Waals surface area contributed by atoms with Gasteiger partial charge in [-0.2, -0.15) is 13.9 Å². The van der Waals surface area contributed by atoms with E-state index in [1.54, 1.807) is 0 Å². The van der Waals surface area contributed by atoms with Gasteiger partial charge in [-0.05, 0) is 18.9 Å². The fourth-order valence-corrected chi connectivity index (χ4v) is 2.28. The number of nitrogens with zero attached hydrogens (tertiary/aromatic N) is 3. The highest BCUT2D eigenvalue weighted by Gasteiger charge is 2.18. The first-order valence-electron chi connectivity index (χ1n) is 5.38. The maximum Gasteiger partial charge on any atom is 0.267 e. The first-order chi connectivity index (χ1) is 8.45. The predicted molar refractivity (Wildman–Crippen MR) is 60.8 cm³/mol. The summed E-state index contributed by atoms with van der Waals surface area (Å²) >= 11 is 0. The van der Waals surface area contributed by atoms with Gasteiger partial charge in [-0.1, -0.05) is 13.3 Å². The van der Waals surface area contributed by atoms with Crippen LogP contribution < -0.4 is 0 Å². The van der Waals surface area contributed by atoms with Crippen molar-refractivity contribution in [1.29, 1.82) is 0 Å². The van der Waals surface area contributed by atoms with Crippen molar-refractivity contribution in [3.8, 4) is 0 Å². The fourth-order valence-electron chi connectivity index (χ4n) is 1.24. The number of rotatable bonds is 6. The average Bonchev–Trinajstić information content (AvgIpc) is 2.29. The molecule has 0 unspecified atom stereocenters. The van der Waals surface area contributed by atoms with E-state index in [1.165, 1.54) is 6.20 Å². The molecule has 0 atom stereocenters. The Kier molecular flexibility index (Phi) is 5.26. The Hall–Kier alpha value is -1.44. The first kappa shape index (κ1) is 14.6. The Labute approximate surface area is 104 Å². The summed E-state index contributed by atoms with van der Waals surface area (Å²) in [6, 6.07) is 0. The summed E-state index contributed by atoms with van der Waals surface area (Å²) in [4.78, 5) is 3.86. The van der Waals surface area contributed by atoms with E-state index in [4.69, 9.17) is 0 Å². The Bertz CT molecular complexity index is 528. The normalized spacial score (nSPS) is 11.3. The molecule has 5 nitrogen and oxygen atoms in total. The predicted octanol–water partition coefficient (Wildman–Crippen LogP) is 1.77. The number of hydrogen-bond acceptors (Lipinski definition) is 5. The van der Waals surface area contributed by atoms with Crippen LogP contribution >= 0.6 is 0 Å². The lowest BCUT2D eigenvalue weighted by Crippen LogP contribution is -2.13.